The summed E-state index contributed by atoms with van der Waals surface area (Å²) in [6.45, 7) is 2.05. The number of aryl methyl sites for hydroxylation is 1. The van der Waals surface area contributed by atoms with Gasteiger partial charge in [-0.15, -0.1) is 11.3 Å². The summed E-state index contributed by atoms with van der Waals surface area (Å²) in [6.07, 6.45) is 0. The molecule has 2 amide bonds. The molecule has 7 heteroatoms. The predicted molar refractivity (Wildman–Crippen MR) is 111 cm³/mol. The number of anilines is 1. The van der Waals surface area contributed by atoms with Crippen molar-refractivity contribution in [3.63, 3.8) is 0 Å². The molecule has 0 aliphatic carbocycles. The highest BCUT2D eigenvalue weighted by molar-refractivity contribution is 8.01. The average molecular weight is 398 g/mol. The van der Waals surface area contributed by atoms with E-state index in [0.29, 0.717) is 11.3 Å². The van der Waals surface area contributed by atoms with Crippen LogP contribution in [-0.4, -0.2) is 29.6 Å². The van der Waals surface area contributed by atoms with E-state index in [1.54, 1.807) is 31.3 Å². The summed E-state index contributed by atoms with van der Waals surface area (Å²) in [6, 6.07) is 15.1. The molecular formula is C20H19N3O2S2. The average Bonchev–Trinajstić information content (AvgIpc) is 3.15. The molecule has 0 bridgehead atoms. The number of thioether (sulfide) groups is 1. The second kappa shape index (κ2) is 8.83. The number of amides is 2. The van der Waals surface area contributed by atoms with Gasteiger partial charge in [-0.1, -0.05) is 47.7 Å². The molecule has 2 N–H and O–H groups in total. The zero-order chi connectivity index (χ0) is 19.2. The van der Waals surface area contributed by atoms with Gasteiger partial charge >= 0.3 is 0 Å². The fourth-order valence-electron chi connectivity index (χ4n) is 2.39. The fourth-order valence-corrected chi connectivity index (χ4v) is 4.02. The van der Waals surface area contributed by atoms with Gasteiger partial charge in [0.25, 0.3) is 5.91 Å². The predicted octanol–water partition coefficient (Wildman–Crippen LogP) is 4.21. The van der Waals surface area contributed by atoms with Crippen LogP contribution >= 0.6 is 23.1 Å². The van der Waals surface area contributed by atoms with Crippen LogP contribution in [0.15, 0.2) is 58.3 Å². The normalized spacial score (nSPS) is 10.4. The Bertz CT molecular complexity index is 952. The second-order valence-electron chi connectivity index (χ2n) is 5.86. The number of thiazole rings is 1. The van der Waals surface area contributed by atoms with E-state index in [4.69, 9.17) is 0 Å². The molecule has 0 spiro atoms. The lowest BCUT2D eigenvalue weighted by atomic mass is 10.1. The van der Waals surface area contributed by atoms with Crippen LogP contribution in [0, 0.1) is 6.92 Å². The Hall–Kier alpha value is -2.64. The highest BCUT2D eigenvalue weighted by Gasteiger charge is 2.10. The minimum atomic E-state index is -0.188. The monoisotopic (exact) mass is 397 g/mol. The van der Waals surface area contributed by atoms with Gasteiger partial charge in [-0.2, -0.15) is 0 Å². The molecule has 3 rings (SSSR count). The summed E-state index contributed by atoms with van der Waals surface area (Å²) in [4.78, 5) is 28.4. The number of hydrogen-bond acceptors (Lipinski definition) is 5. The summed E-state index contributed by atoms with van der Waals surface area (Å²) in [7, 11) is 1.57. The number of aromatic nitrogens is 1. The van der Waals surface area contributed by atoms with E-state index in [0.717, 1.165) is 15.6 Å². The molecule has 0 aliphatic rings. The van der Waals surface area contributed by atoms with Crippen molar-refractivity contribution in [3.8, 4) is 11.3 Å². The highest BCUT2D eigenvalue weighted by atomic mass is 32.2. The Morgan fingerprint density at radius 1 is 1.15 bits per heavy atom. The third-order valence-electron chi connectivity index (χ3n) is 3.79. The van der Waals surface area contributed by atoms with Gasteiger partial charge in [-0.3, -0.25) is 9.59 Å². The zero-order valence-electron chi connectivity index (χ0n) is 15.0. The molecule has 1 heterocycles. The number of carbonyl (C=O) groups is 2. The SMILES string of the molecule is CNC(=O)c1cccc(NC(=O)CSc2nc(-c3ccc(C)cc3)cs2)c1. The van der Waals surface area contributed by atoms with Crippen LogP contribution in [-0.2, 0) is 4.79 Å². The first-order valence-electron chi connectivity index (χ1n) is 8.32. The first-order valence-corrected chi connectivity index (χ1v) is 10.2. The number of carbonyl (C=O) groups excluding carboxylic acids is 2. The maximum absolute atomic E-state index is 12.2. The van der Waals surface area contributed by atoms with Crippen LogP contribution in [0.25, 0.3) is 11.3 Å². The van der Waals surface area contributed by atoms with Gasteiger partial charge in [-0.05, 0) is 25.1 Å². The third kappa shape index (κ3) is 5.18. The molecule has 0 saturated heterocycles. The Kier molecular flexibility index (Phi) is 6.26. The molecule has 5 nitrogen and oxygen atoms in total. The first-order chi connectivity index (χ1) is 13.0. The van der Waals surface area contributed by atoms with Gasteiger partial charge in [0.1, 0.15) is 0 Å². The Morgan fingerprint density at radius 3 is 2.67 bits per heavy atom. The van der Waals surface area contributed by atoms with Gasteiger partial charge in [-0.25, -0.2) is 4.98 Å². The van der Waals surface area contributed by atoms with Gasteiger partial charge in [0.2, 0.25) is 5.91 Å². The van der Waals surface area contributed by atoms with Crippen molar-refractivity contribution in [3.05, 3.63) is 65.0 Å². The van der Waals surface area contributed by atoms with Crippen molar-refractivity contribution in [2.45, 2.75) is 11.3 Å². The van der Waals surface area contributed by atoms with Gasteiger partial charge in [0.05, 0.1) is 11.4 Å². The number of nitrogens with zero attached hydrogens (tertiary/aromatic N) is 1. The maximum Gasteiger partial charge on any atom is 0.251 e. The molecule has 1 aromatic heterocycles. The lowest BCUT2D eigenvalue weighted by molar-refractivity contribution is -0.113. The van der Waals surface area contributed by atoms with Gasteiger partial charge < -0.3 is 10.6 Å². The minimum Gasteiger partial charge on any atom is -0.355 e. The maximum atomic E-state index is 12.2. The second-order valence-corrected chi connectivity index (χ2v) is 7.94. The van der Waals surface area contributed by atoms with Crippen LogP contribution in [0.3, 0.4) is 0 Å². The van der Waals surface area contributed by atoms with E-state index in [9.17, 15) is 9.59 Å². The summed E-state index contributed by atoms with van der Waals surface area (Å²) < 4.78 is 0.847. The van der Waals surface area contributed by atoms with E-state index in [1.807, 2.05) is 17.5 Å². The van der Waals surface area contributed by atoms with E-state index in [-0.39, 0.29) is 17.6 Å². The Balaban J connectivity index is 1.57. The van der Waals surface area contributed by atoms with Crippen molar-refractivity contribution in [1.29, 1.82) is 0 Å². The van der Waals surface area contributed by atoms with Crippen molar-refractivity contribution in [1.82, 2.24) is 10.3 Å². The summed E-state index contributed by atoms with van der Waals surface area (Å²) >= 11 is 2.92. The lowest BCUT2D eigenvalue weighted by Crippen LogP contribution is -2.18. The lowest BCUT2D eigenvalue weighted by Gasteiger charge is -2.06. The van der Waals surface area contributed by atoms with Crippen molar-refractivity contribution in [2.24, 2.45) is 0 Å². The zero-order valence-corrected chi connectivity index (χ0v) is 16.6. The Morgan fingerprint density at radius 2 is 1.93 bits per heavy atom. The van der Waals surface area contributed by atoms with Gasteiger partial charge in [0.15, 0.2) is 4.34 Å². The molecular weight excluding hydrogens is 378 g/mol. The Labute approximate surface area is 166 Å². The summed E-state index contributed by atoms with van der Waals surface area (Å²) in [5, 5.41) is 7.38. The standard InChI is InChI=1S/C20H19N3O2S2/c1-13-6-8-14(9-7-13)17-11-26-20(23-17)27-12-18(24)22-16-5-3-4-15(10-16)19(25)21-2/h3-11H,12H2,1-2H3,(H,21,25)(H,22,24). The molecule has 0 fully saturated rings. The van der Waals surface area contributed by atoms with Crippen LogP contribution in [0.2, 0.25) is 0 Å². The van der Waals surface area contributed by atoms with E-state index < -0.39 is 0 Å². The molecule has 0 radical (unpaired) electrons. The molecule has 0 aliphatic heterocycles. The van der Waals surface area contributed by atoms with Crippen molar-refractivity contribution in [2.75, 3.05) is 18.1 Å². The number of nitrogens with one attached hydrogen (secondary N) is 2. The molecule has 138 valence electrons. The van der Waals surface area contributed by atoms with Gasteiger partial charge in [0, 0.05) is 29.2 Å². The molecule has 0 saturated carbocycles. The molecule has 0 atom stereocenters. The van der Waals surface area contributed by atoms with Crippen LogP contribution in [0.1, 0.15) is 15.9 Å². The third-order valence-corrected chi connectivity index (χ3v) is 5.81. The quantitative estimate of drug-likeness (QED) is 0.611. The van der Waals surface area contributed by atoms with E-state index >= 15 is 0 Å². The number of benzene rings is 2. The smallest absolute Gasteiger partial charge is 0.251 e. The number of hydrogen-bond donors (Lipinski definition) is 2. The molecule has 2 aromatic carbocycles. The van der Waals surface area contributed by atoms with Crippen molar-refractivity contribution < 1.29 is 9.59 Å². The molecule has 27 heavy (non-hydrogen) atoms. The molecule has 0 unspecified atom stereocenters. The van der Waals surface area contributed by atoms with Crippen LogP contribution < -0.4 is 10.6 Å². The fraction of sp³-hybridized carbons (Fsp3) is 0.150. The van der Waals surface area contributed by atoms with Crippen LogP contribution in [0.4, 0.5) is 5.69 Å². The highest BCUT2D eigenvalue weighted by Crippen LogP contribution is 2.28. The molecule has 3 aromatic rings. The summed E-state index contributed by atoms with van der Waals surface area (Å²) in [5.41, 5.74) is 4.30. The van der Waals surface area contributed by atoms with E-state index in [2.05, 4.69) is 34.7 Å². The summed E-state index contributed by atoms with van der Waals surface area (Å²) in [5.74, 6) is -0.0709. The first kappa shape index (κ1) is 19.1. The minimum absolute atomic E-state index is 0.138. The largest absolute Gasteiger partial charge is 0.355 e. The topological polar surface area (TPSA) is 71.1 Å². The van der Waals surface area contributed by atoms with E-state index in [1.165, 1.54) is 28.7 Å². The number of rotatable bonds is 6. The van der Waals surface area contributed by atoms with Crippen molar-refractivity contribution >= 4 is 40.6 Å². The van der Waals surface area contributed by atoms with Crippen LogP contribution in [0.5, 0.6) is 0 Å².